The highest BCUT2D eigenvalue weighted by Crippen LogP contribution is 2.40. The van der Waals surface area contributed by atoms with Crippen LogP contribution in [0.15, 0.2) is 42.5 Å². The van der Waals surface area contributed by atoms with Gasteiger partial charge in [-0.1, -0.05) is 50.8 Å². The summed E-state index contributed by atoms with van der Waals surface area (Å²) in [5, 5.41) is 37.2. The first kappa shape index (κ1) is 21.3. The van der Waals surface area contributed by atoms with Crippen LogP contribution in [0.1, 0.15) is 57.4 Å². The van der Waals surface area contributed by atoms with Crippen LogP contribution in [-0.4, -0.2) is 21.3 Å². The van der Waals surface area contributed by atoms with Gasteiger partial charge in [-0.15, -0.1) is 0 Å². The van der Waals surface area contributed by atoms with Crippen molar-refractivity contribution >= 4 is 5.97 Å². The molecule has 0 aliphatic heterocycles. The van der Waals surface area contributed by atoms with Crippen LogP contribution in [0.25, 0.3) is 11.1 Å². The van der Waals surface area contributed by atoms with E-state index in [1.807, 2.05) is 6.07 Å². The van der Waals surface area contributed by atoms with Crippen molar-refractivity contribution in [1.82, 2.24) is 0 Å². The average Bonchev–Trinajstić information content (AvgIpc) is 2.70. The molecule has 0 heterocycles. The van der Waals surface area contributed by atoms with E-state index in [1.54, 1.807) is 24.3 Å². The Labute approximate surface area is 165 Å². The second-order valence-electron chi connectivity index (χ2n) is 7.26. The van der Waals surface area contributed by atoms with Crippen LogP contribution in [0.4, 0.5) is 0 Å². The zero-order chi connectivity index (χ0) is 20.6. The van der Waals surface area contributed by atoms with Crippen molar-refractivity contribution in [1.29, 1.82) is 5.26 Å². The molecule has 0 aromatic heterocycles. The van der Waals surface area contributed by atoms with Gasteiger partial charge in [0.1, 0.15) is 11.5 Å². The molecule has 148 valence electrons. The number of aromatic hydroxyl groups is 2. The molecule has 0 atom stereocenters. The molecule has 1 aliphatic carbocycles. The van der Waals surface area contributed by atoms with Gasteiger partial charge < -0.3 is 15.3 Å². The molecule has 2 aromatic carbocycles. The molecular formula is C23H27NO4. The normalized spacial score (nSPS) is 15.0. The van der Waals surface area contributed by atoms with E-state index in [0.717, 1.165) is 38.5 Å². The van der Waals surface area contributed by atoms with Crippen LogP contribution in [0.5, 0.6) is 11.5 Å². The Hall–Kier alpha value is -3.00. The molecule has 0 spiro atoms. The Morgan fingerprint density at radius 2 is 1.68 bits per heavy atom. The highest BCUT2D eigenvalue weighted by Gasteiger charge is 2.38. The van der Waals surface area contributed by atoms with Gasteiger partial charge in [-0.2, -0.15) is 5.26 Å². The molecule has 5 nitrogen and oxygen atoms in total. The summed E-state index contributed by atoms with van der Waals surface area (Å²) >= 11 is 0. The highest BCUT2D eigenvalue weighted by molar-refractivity contribution is 5.76. The van der Waals surface area contributed by atoms with Crippen LogP contribution in [0.2, 0.25) is 0 Å². The third-order valence-electron chi connectivity index (χ3n) is 5.31. The van der Waals surface area contributed by atoms with Crippen molar-refractivity contribution in [3.63, 3.8) is 0 Å². The lowest BCUT2D eigenvalue weighted by Crippen LogP contribution is -2.33. The first-order valence-corrected chi connectivity index (χ1v) is 9.68. The smallest absolute Gasteiger partial charge is 0.309 e. The minimum absolute atomic E-state index is 0.0421. The van der Waals surface area contributed by atoms with E-state index in [9.17, 15) is 15.0 Å². The number of benzene rings is 2. The molecule has 1 saturated carbocycles. The third-order valence-corrected chi connectivity index (χ3v) is 5.31. The van der Waals surface area contributed by atoms with Crippen molar-refractivity contribution in [3.05, 3.63) is 48.0 Å². The van der Waals surface area contributed by atoms with Gasteiger partial charge in [-0.05, 0) is 43.5 Å². The Bertz CT molecular complexity index is 842. The number of carboxylic acid groups (broad SMARTS) is 1. The summed E-state index contributed by atoms with van der Waals surface area (Å²) in [6.07, 6.45) is 7.08. The maximum absolute atomic E-state index is 11.1. The van der Waals surface area contributed by atoms with Gasteiger partial charge in [0.05, 0.1) is 17.0 Å². The highest BCUT2D eigenvalue weighted by atomic mass is 16.4. The van der Waals surface area contributed by atoms with E-state index < -0.39 is 5.97 Å². The van der Waals surface area contributed by atoms with Gasteiger partial charge >= 0.3 is 5.97 Å². The summed E-state index contributed by atoms with van der Waals surface area (Å²) in [6.45, 7) is 2.07. The van der Waals surface area contributed by atoms with E-state index in [4.69, 9.17) is 10.4 Å². The summed E-state index contributed by atoms with van der Waals surface area (Å²) in [7, 11) is 0. The topological polar surface area (TPSA) is 102 Å². The quantitative estimate of drug-likeness (QED) is 0.653. The molecule has 28 heavy (non-hydrogen) atoms. The van der Waals surface area contributed by atoms with Crippen LogP contribution < -0.4 is 0 Å². The lowest BCUT2D eigenvalue weighted by molar-refractivity contribution is -0.151. The van der Waals surface area contributed by atoms with Gasteiger partial charge in [0.15, 0.2) is 0 Å². The summed E-state index contributed by atoms with van der Waals surface area (Å²) in [5.41, 5.74) is 1.05. The lowest BCUT2D eigenvalue weighted by atomic mass is 9.71. The van der Waals surface area contributed by atoms with Crippen LogP contribution >= 0.6 is 0 Å². The average molecular weight is 381 g/mol. The number of phenolic OH excluding ortho intramolecular Hbond substituents is 2. The van der Waals surface area contributed by atoms with E-state index in [2.05, 4.69) is 6.92 Å². The zero-order valence-corrected chi connectivity index (χ0v) is 16.2. The largest absolute Gasteiger partial charge is 0.507 e. The SMILES string of the molecule is CCCC1(C(=O)O)CCCCC1.N#Cc1ccc(O)c(-c2ccccc2O)c1. The van der Waals surface area contributed by atoms with Crippen molar-refractivity contribution in [2.45, 2.75) is 51.9 Å². The number of carboxylic acids is 1. The Morgan fingerprint density at radius 1 is 1.04 bits per heavy atom. The van der Waals surface area contributed by atoms with E-state index in [0.29, 0.717) is 16.7 Å². The fourth-order valence-corrected chi connectivity index (χ4v) is 3.80. The standard InChI is InChI=1S/C13H9NO2.C10H18O2/c14-8-9-5-6-13(16)11(7-9)10-3-1-2-4-12(10)15;1-2-6-10(9(11)12)7-4-3-5-8-10/h1-7,15-16H;2-8H2,1H3,(H,11,12). The number of aliphatic carboxylic acids is 1. The minimum atomic E-state index is -0.566. The molecular weight excluding hydrogens is 354 g/mol. The maximum atomic E-state index is 11.1. The van der Waals surface area contributed by atoms with Gasteiger partial charge in [0.2, 0.25) is 0 Å². The molecule has 0 radical (unpaired) electrons. The monoisotopic (exact) mass is 381 g/mol. The van der Waals surface area contributed by atoms with E-state index >= 15 is 0 Å². The van der Waals surface area contributed by atoms with Gasteiger partial charge in [-0.3, -0.25) is 4.79 Å². The predicted octanol–water partition coefficient (Wildman–Crippen LogP) is 5.46. The number of phenols is 2. The van der Waals surface area contributed by atoms with Crippen molar-refractivity contribution in [2.75, 3.05) is 0 Å². The maximum Gasteiger partial charge on any atom is 0.309 e. The lowest BCUT2D eigenvalue weighted by Gasteiger charge is -2.32. The number of hydrogen-bond donors (Lipinski definition) is 3. The number of nitriles is 1. The number of nitrogens with zero attached hydrogens (tertiary/aromatic N) is 1. The van der Waals surface area contributed by atoms with Crippen molar-refractivity contribution < 1.29 is 20.1 Å². The second kappa shape index (κ2) is 9.80. The van der Waals surface area contributed by atoms with Gasteiger partial charge in [0.25, 0.3) is 0 Å². The summed E-state index contributed by atoms with van der Waals surface area (Å²) < 4.78 is 0. The number of carbonyl (C=O) groups is 1. The zero-order valence-electron chi connectivity index (χ0n) is 16.2. The fraction of sp³-hybridized carbons (Fsp3) is 0.391. The molecule has 0 saturated heterocycles. The molecule has 0 bridgehead atoms. The molecule has 1 fully saturated rings. The summed E-state index contributed by atoms with van der Waals surface area (Å²) in [6, 6.07) is 13.2. The Morgan fingerprint density at radius 3 is 2.25 bits per heavy atom. The van der Waals surface area contributed by atoms with Gasteiger partial charge in [0, 0.05) is 11.1 Å². The van der Waals surface area contributed by atoms with E-state index in [-0.39, 0.29) is 16.9 Å². The second-order valence-corrected chi connectivity index (χ2v) is 7.26. The molecule has 1 aliphatic rings. The van der Waals surface area contributed by atoms with Crippen LogP contribution in [-0.2, 0) is 4.79 Å². The number of para-hydroxylation sites is 1. The Balaban J connectivity index is 0.000000209. The molecule has 5 heteroatoms. The van der Waals surface area contributed by atoms with E-state index in [1.165, 1.54) is 24.6 Å². The number of hydrogen-bond acceptors (Lipinski definition) is 4. The molecule has 3 rings (SSSR count). The molecule has 0 unspecified atom stereocenters. The van der Waals surface area contributed by atoms with Gasteiger partial charge in [-0.25, -0.2) is 0 Å². The number of rotatable bonds is 4. The third kappa shape index (κ3) is 5.04. The molecule has 2 aromatic rings. The molecule has 0 amide bonds. The fourth-order valence-electron chi connectivity index (χ4n) is 3.80. The molecule has 3 N–H and O–H groups in total. The van der Waals surface area contributed by atoms with Crippen LogP contribution in [0, 0.1) is 16.7 Å². The first-order valence-electron chi connectivity index (χ1n) is 9.68. The Kier molecular flexibility index (Phi) is 7.45. The minimum Gasteiger partial charge on any atom is -0.507 e. The summed E-state index contributed by atoms with van der Waals surface area (Å²) in [4.78, 5) is 11.1. The predicted molar refractivity (Wildman–Crippen MR) is 108 cm³/mol. The first-order chi connectivity index (χ1) is 13.4. The van der Waals surface area contributed by atoms with Crippen molar-refractivity contribution in [2.24, 2.45) is 5.41 Å². The summed E-state index contributed by atoms with van der Waals surface area (Å²) in [5.74, 6) is -0.447. The van der Waals surface area contributed by atoms with Crippen LogP contribution in [0.3, 0.4) is 0 Å². The van der Waals surface area contributed by atoms with Crippen molar-refractivity contribution in [3.8, 4) is 28.7 Å².